The number of aromatic amines is 1. The highest BCUT2D eigenvalue weighted by atomic mass is 16.1. The van der Waals surface area contributed by atoms with Crippen LogP contribution in [-0.2, 0) is 11.8 Å². The Kier molecular flexibility index (Phi) is 5.79. The lowest BCUT2D eigenvalue weighted by Gasteiger charge is -2.19. The Hall–Kier alpha value is -3.55. The number of benzene rings is 1. The van der Waals surface area contributed by atoms with Gasteiger partial charge in [-0.2, -0.15) is 4.98 Å². The van der Waals surface area contributed by atoms with E-state index in [9.17, 15) is 4.79 Å². The van der Waals surface area contributed by atoms with Crippen molar-refractivity contribution in [2.24, 2.45) is 0 Å². The Labute approximate surface area is 180 Å². The minimum absolute atomic E-state index is 0.0787. The molecule has 0 saturated heterocycles. The van der Waals surface area contributed by atoms with Gasteiger partial charge >= 0.3 is 0 Å². The summed E-state index contributed by atoms with van der Waals surface area (Å²) in [5, 5.41) is 6.10. The van der Waals surface area contributed by atoms with Crippen LogP contribution in [0.2, 0.25) is 0 Å². The summed E-state index contributed by atoms with van der Waals surface area (Å²) in [5.74, 6) is 1.16. The second kappa shape index (κ2) is 8.67. The fourth-order valence-electron chi connectivity index (χ4n) is 3.37. The Bertz CT molecular complexity index is 1200. The fourth-order valence-corrected chi connectivity index (χ4v) is 3.37. The lowest BCUT2D eigenvalue weighted by atomic mass is 9.87. The third kappa shape index (κ3) is 4.96. The minimum atomic E-state index is -0.208. The molecule has 0 aliphatic heterocycles. The van der Waals surface area contributed by atoms with Crippen LogP contribution in [0.15, 0.2) is 53.7 Å². The first-order valence-corrected chi connectivity index (χ1v) is 10.5. The summed E-state index contributed by atoms with van der Waals surface area (Å²) >= 11 is 0. The first-order chi connectivity index (χ1) is 14.9. The van der Waals surface area contributed by atoms with E-state index in [0.717, 1.165) is 37.1 Å². The van der Waals surface area contributed by atoms with Crippen LogP contribution in [-0.4, -0.2) is 36.1 Å². The van der Waals surface area contributed by atoms with E-state index < -0.39 is 0 Å². The summed E-state index contributed by atoms with van der Waals surface area (Å²) in [5.41, 5.74) is 3.56. The van der Waals surface area contributed by atoms with Crippen LogP contribution in [0.1, 0.15) is 44.9 Å². The number of H-pyrrole nitrogens is 1. The molecule has 31 heavy (non-hydrogen) atoms. The highest BCUT2D eigenvalue weighted by molar-refractivity contribution is 5.60. The molecule has 2 N–H and O–H groups in total. The van der Waals surface area contributed by atoms with Gasteiger partial charge in [0.1, 0.15) is 0 Å². The highest BCUT2D eigenvalue weighted by Crippen LogP contribution is 2.25. The molecule has 0 radical (unpaired) electrons. The van der Waals surface area contributed by atoms with Gasteiger partial charge in [0.05, 0.1) is 5.69 Å². The van der Waals surface area contributed by atoms with E-state index in [2.05, 4.69) is 63.3 Å². The topological polar surface area (TPSA) is 101 Å². The lowest BCUT2D eigenvalue weighted by Crippen LogP contribution is -2.12. The van der Waals surface area contributed by atoms with Crippen LogP contribution in [0.4, 0.5) is 5.95 Å². The molecule has 8 heteroatoms. The monoisotopic (exact) mass is 417 g/mol. The van der Waals surface area contributed by atoms with Crippen LogP contribution in [0.25, 0.3) is 17.0 Å². The van der Waals surface area contributed by atoms with Gasteiger partial charge in [-0.05, 0) is 30.2 Å². The molecule has 0 unspecified atom stereocenters. The molecule has 1 aromatic carbocycles. The van der Waals surface area contributed by atoms with Crippen LogP contribution in [0, 0.1) is 0 Å². The molecule has 3 heterocycles. The van der Waals surface area contributed by atoms with Gasteiger partial charge in [0.2, 0.25) is 5.95 Å². The second-order valence-corrected chi connectivity index (χ2v) is 8.59. The summed E-state index contributed by atoms with van der Waals surface area (Å²) in [6.07, 6.45) is 7.97. The molecule has 0 aliphatic rings. The maximum absolute atomic E-state index is 11.9. The number of aromatic nitrogens is 6. The third-order valence-corrected chi connectivity index (χ3v) is 5.12. The van der Waals surface area contributed by atoms with Crippen molar-refractivity contribution in [1.82, 2.24) is 29.5 Å². The Morgan fingerprint density at radius 3 is 2.58 bits per heavy atom. The number of rotatable bonds is 7. The number of anilines is 1. The second-order valence-electron chi connectivity index (χ2n) is 8.59. The van der Waals surface area contributed by atoms with E-state index >= 15 is 0 Å². The number of nitrogens with one attached hydrogen (secondary N) is 2. The molecule has 4 rings (SSSR count). The molecule has 0 fully saturated rings. The Balaban J connectivity index is 1.50. The first-order valence-electron chi connectivity index (χ1n) is 10.5. The van der Waals surface area contributed by atoms with E-state index in [-0.39, 0.29) is 11.0 Å². The maximum Gasteiger partial charge on any atom is 0.266 e. The third-order valence-electron chi connectivity index (χ3n) is 5.12. The molecular formula is C23H27N7O. The van der Waals surface area contributed by atoms with Crippen molar-refractivity contribution in [3.8, 4) is 11.4 Å². The molecule has 160 valence electrons. The molecule has 4 aromatic rings. The Morgan fingerprint density at radius 2 is 1.87 bits per heavy atom. The van der Waals surface area contributed by atoms with Crippen molar-refractivity contribution < 1.29 is 0 Å². The van der Waals surface area contributed by atoms with Gasteiger partial charge in [-0.15, -0.1) is 0 Å². The molecule has 0 atom stereocenters. The molecule has 0 amide bonds. The quantitative estimate of drug-likeness (QED) is 0.446. The van der Waals surface area contributed by atoms with Crippen molar-refractivity contribution in [2.75, 3.05) is 11.9 Å². The summed E-state index contributed by atoms with van der Waals surface area (Å²) < 4.78 is 1.60. The van der Waals surface area contributed by atoms with Gasteiger partial charge in [-0.25, -0.2) is 9.50 Å². The van der Waals surface area contributed by atoms with Crippen molar-refractivity contribution in [1.29, 1.82) is 0 Å². The van der Waals surface area contributed by atoms with Gasteiger partial charge in [0.15, 0.2) is 11.5 Å². The van der Waals surface area contributed by atoms with Gasteiger partial charge in [-0.1, -0.05) is 45.0 Å². The number of hydrogen-bond acceptors (Lipinski definition) is 6. The maximum atomic E-state index is 11.9. The van der Waals surface area contributed by atoms with Gasteiger partial charge in [-0.3, -0.25) is 19.9 Å². The molecule has 8 nitrogen and oxygen atoms in total. The SMILES string of the molecule is CC(C)(C)c1ccc(-c2nc(NCCCCc3cnccn3)n3[nH]c(=O)cc3n2)cc1. The number of unbranched alkanes of at least 4 members (excludes halogenated alkanes) is 1. The average Bonchev–Trinajstić information content (AvgIpc) is 3.14. The van der Waals surface area contributed by atoms with Gasteiger partial charge in [0, 0.05) is 36.8 Å². The smallest absolute Gasteiger partial charge is 0.266 e. The molecule has 0 aliphatic carbocycles. The molecule has 0 bridgehead atoms. The van der Waals surface area contributed by atoms with Crippen LogP contribution in [0.3, 0.4) is 0 Å². The first kappa shape index (κ1) is 20.7. The summed E-state index contributed by atoms with van der Waals surface area (Å²) in [4.78, 5) is 29.5. The highest BCUT2D eigenvalue weighted by Gasteiger charge is 2.15. The van der Waals surface area contributed by atoms with E-state index in [1.807, 2.05) is 12.1 Å². The van der Waals surface area contributed by atoms with Crippen molar-refractivity contribution in [3.63, 3.8) is 0 Å². The van der Waals surface area contributed by atoms with E-state index in [4.69, 9.17) is 0 Å². The minimum Gasteiger partial charge on any atom is -0.354 e. The van der Waals surface area contributed by atoms with Crippen LogP contribution >= 0.6 is 0 Å². The van der Waals surface area contributed by atoms with Crippen LogP contribution in [0.5, 0.6) is 0 Å². The molecule has 0 saturated carbocycles. The van der Waals surface area contributed by atoms with Crippen molar-refractivity contribution >= 4 is 11.6 Å². The normalized spacial score (nSPS) is 11.7. The zero-order valence-corrected chi connectivity index (χ0v) is 18.1. The van der Waals surface area contributed by atoms with Crippen LogP contribution < -0.4 is 10.9 Å². The van der Waals surface area contributed by atoms with Crippen molar-refractivity contribution in [3.05, 3.63) is 70.5 Å². The summed E-state index contributed by atoms with van der Waals surface area (Å²) in [6.45, 7) is 7.27. The number of nitrogens with zero attached hydrogens (tertiary/aromatic N) is 5. The predicted octanol–water partition coefficient (Wildman–Crippen LogP) is 3.61. The zero-order valence-electron chi connectivity index (χ0n) is 18.1. The predicted molar refractivity (Wildman–Crippen MR) is 121 cm³/mol. The van der Waals surface area contributed by atoms with Crippen molar-refractivity contribution in [2.45, 2.75) is 45.4 Å². The largest absolute Gasteiger partial charge is 0.354 e. The average molecular weight is 418 g/mol. The molecular weight excluding hydrogens is 390 g/mol. The van der Waals surface area contributed by atoms with E-state index in [1.54, 1.807) is 23.1 Å². The molecule has 3 aromatic heterocycles. The molecule has 0 spiro atoms. The van der Waals surface area contributed by atoms with E-state index in [0.29, 0.717) is 17.4 Å². The summed E-state index contributed by atoms with van der Waals surface area (Å²) in [7, 11) is 0. The van der Waals surface area contributed by atoms with Gasteiger partial charge in [0.25, 0.3) is 5.56 Å². The Morgan fingerprint density at radius 1 is 1.06 bits per heavy atom. The number of hydrogen-bond donors (Lipinski definition) is 2. The standard InChI is InChI=1S/C23H27N7O/c1-23(2,3)17-9-7-16(8-10-17)21-27-19-14-20(31)29-30(19)22(28-21)26-11-5-4-6-18-15-24-12-13-25-18/h7-10,12-15H,4-6,11H2,1-3H3,(H,29,31)(H,26,27,28). The lowest BCUT2D eigenvalue weighted by molar-refractivity contribution is 0.590. The summed E-state index contributed by atoms with van der Waals surface area (Å²) in [6, 6.07) is 9.75. The fraction of sp³-hybridized carbons (Fsp3) is 0.348. The number of fused-ring (bicyclic) bond motifs is 1. The van der Waals surface area contributed by atoms with Gasteiger partial charge < -0.3 is 5.32 Å². The number of aryl methyl sites for hydroxylation is 1. The zero-order chi connectivity index (χ0) is 21.8. The van der Waals surface area contributed by atoms with E-state index in [1.165, 1.54) is 11.6 Å².